The third-order valence-corrected chi connectivity index (χ3v) is 0. The van der Waals surface area contributed by atoms with E-state index in [1.807, 2.05) is 0 Å². The minimum Gasteiger partial charge on any atom is -0.147 e. The second-order valence-corrected chi connectivity index (χ2v) is 0. The molecular weight excluding hydrogens is 373 g/mol. The molecule has 0 aromatic carbocycles. The molecule has 0 aromatic heterocycles. The molecule has 0 aliphatic carbocycles. The maximum Gasteiger partial charge on any atom is 0 e. The van der Waals surface area contributed by atoms with Crippen LogP contribution in [0.5, 0.6) is 0 Å². The molecule has 2 radical (unpaired) electrons. The van der Waals surface area contributed by atoms with Gasteiger partial charge in [0, 0.05) is 39.0 Å². The summed E-state index contributed by atoms with van der Waals surface area (Å²) in [7, 11) is 0. The molecule has 0 unspecified atom stereocenters. The maximum absolute atomic E-state index is 3.00. The summed E-state index contributed by atoms with van der Waals surface area (Å²) in [5.41, 5.74) is 0. The molecular formula is C8H18Cl2Rh2. The fourth-order valence-corrected chi connectivity index (χ4v) is 0. The molecule has 0 nitrogen and oxygen atoms in total. The van der Waals surface area contributed by atoms with Gasteiger partial charge >= 0.3 is 0 Å². The maximum atomic E-state index is 3.00. The molecule has 0 saturated carbocycles. The van der Waals surface area contributed by atoms with Gasteiger partial charge in [-0.25, -0.2) is 0 Å². The summed E-state index contributed by atoms with van der Waals surface area (Å²) < 4.78 is 0. The molecule has 0 bridgehead atoms. The van der Waals surface area contributed by atoms with Gasteiger partial charge in [0.15, 0.2) is 0 Å². The largest absolute Gasteiger partial charge is 0.147 e. The Bertz CT molecular complexity index is 23.0. The van der Waals surface area contributed by atoms with E-state index in [9.17, 15) is 0 Å². The molecule has 4 heteroatoms. The second kappa shape index (κ2) is 2220. The summed E-state index contributed by atoms with van der Waals surface area (Å²) in [5, 5.41) is 0. The van der Waals surface area contributed by atoms with Crippen LogP contribution in [-0.4, -0.2) is 0 Å². The Hall–Kier alpha value is 0.787. The Morgan fingerprint density at radius 2 is 0.333 bits per heavy atom. The molecule has 0 aliphatic heterocycles. The van der Waals surface area contributed by atoms with Gasteiger partial charge in [0.05, 0.1) is 0 Å². The Kier molecular flexibility index (Phi) is 14300. The van der Waals surface area contributed by atoms with Crippen molar-refractivity contribution in [2.45, 2.75) is 0 Å². The van der Waals surface area contributed by atoms with Gasteiger partial charge in [0.25, 0.3) is 0 Å². The third-order valence-electron chi connectivity index (χ3n) is 0. The van der Waals surface area contributed by atoms with E-state index in [0.717, 1.165) is 0 Å². The molecule has 0 rings (SSSR count). The van der Waals surface area contributed by atoms with Crippen molar-refractivity contribution in [1.82, 2.24) is 0 Å². The Labute approximate surface area is 116 Å². The molecule has 0 saturated heterocycles. The minimum absolute atomic E-state index is 0. The molecule has 0 fully saturated rings. The second-order valence-electron chi connectivity index (χ2n) is 0. The van der Waals surface area contributed by atoms with Gasteiger partial charge in [-0.15, -0.1) is 77.4 Å². The number of hydrogen-bond acceptors (Lipinski definition) is 0. The van der Waals surface area contributed by atoms with E-state index in [2.05, 4.69) is 52.6 Å². The van der Waals surface area contributed by atoms with E-state index < -0.39 is 0 Å². The third kappa shape index (κ3) is 1670. The minimum atomic E-state index is 0. The molecule has 0 atom stereocenters. The monoisotopic (exact) mass is 390 g/mol. The van der Waals surface area contributed by atoms with Crippen molar-refractivity contribution in [2.24, 2.45) is 0 Å². The standard InChI is InChI=1S/4C2H4.2ClH.2Rh/c4*1-2;;;;/h4*1-2H2;2*1H;;. The van der Waals surface area contributed by atoms with Crippen LogP contribution in [0.1, 0.15) is 0 Å². The predicted molar refractivity (Wildman–Crippen MR) is 59.5 cm³/mol. The first-order chi connectivity index (χ1) is 4.00. The summed E-state index contributed by atoms with van der Waals surface area (Å²) in [6, 6.07) is 0. The molecule has 12 heavy (non-hydrogen) atoms. The number of halogens is 2. The summed E-state index contributed by atoms with van der Waals surface area (Å²) >= 11 is 0. The van der Waals surface area contributed by atoms with Crippen LogP contribution in [0.4, 0.5) is 0 Å². The Morgan fingerprint density at radius 3 is 0.333 bits per heavy atom. The summed E-state index contributed by atoms with van der Waals surface area (Å²) in [4.78, 5) is 0. The zero-order valence-electron chi connectivity index (χ0n) is 7.14. The van der Waals surface area contributed by atoms with Crippen LogP contribution < -0.4 is 0 Å². The predicted octanol–water partition coefficient (Wildman–Crippen LogP) is 4.05. The van der Waals surface area contributed by atoms with Gasteiger partial charge in [-0.2, -0.15) is 0 Å². The van der Waals surface area contributed by atoms with Gasteiger partial charge in [-0.05, 0) is 0 Å². The van der Waals surface area contributed by atoms with Crippen LogP contribution in [0, 0.1) is 0 Å². The summed E-state index contributed by atoms with van der Waals surface area (Å²) in [5.74, 6) is 0. The fourth-order valence-electron chi connectivity index (χ4n) is 0. The van der Waals surface area contributed by atoms with Crippen molar-refractivity contribution in [1.29, 1.82) is 0 Å². The van der Waals surface area contributed by atoms with E-state index >= 15 is 0 Å². The topological polar surface area (TPSA) is 0 Å². The Morgan fingerprint density at radius 1 is 0.333 bits per heavy atom. The van der Waals surface area contributed by atoms with Crippen LogP contribution in [0.25, 0.3) is 0 Å². The average Bonchev–Trinajstić information content (AvgIpc) is 2.03. The van der Waals surface area contributed by atoms with Crippen LogP contribution in [0.3, 0.4) is 0 Å². The van der Waals surface area contributed by atoms with E-state index in [1.54, 1.807) is 0 Å². The van der Waals surface area contributed by atoms with Crippen molar-refractivity contribution < 1.29 is 39.0 Å². The first-order valence-corrected chi connectivity index (χ1v) is 2.00. The van der Waals surface area contributed by atoms with Gasteiger partial charge in [0.1, 0.15) is 0 Å². The molecule has 0 aromatic rings. The van der Waals surface area contributed by atoms with E-state index in [1.165, 1.54) is 0 Å². The first-order valence-electron chi connectivity index (χ1n) is 2.00. The van der Waals surface area contributed by atoms with E-state index in [-0.39, 0.29) is 63.8 Å². The number of hydrogen-bond donors (Lipinski definition) is 0. The van der Waals surface area contributed by atoms with Crippen LogP contribution in [-0.2, 0) is 39.0 Å². The van der Waals surface area contributed by atoms with Crippen molar-refractivity contribution in [3.63, 3.8) is 0 Å². The van der Waals surface area contributed by atoms with Crippen molar-refractivity contribution in [3.8, 4) is 0 Å². The van der Waals surface area contributed by atoms with Crippen LogP contribution >= 0.6 is 24.8 Å². The van der Waals surface area contributed by atoms with Gasteiger partial charge in [-0.1, -0.05) is 0 Å². The van der Waals surface area contributed by atoms with Gasteiger partial charge < -0.3 is 0 Å². The quantitative estimate of drug-likeness (QED) is 0.432. The summed E-state index contributed by atoms with van der Waals surface area (Å²) in [6.45, 7) is 24.0. The molecule has 82 valence electrons. The van der Waals surface area contributed by atoms with Crippen molar-refractivity contribution in [2.75, 3.05) is 0 Å². The molecule has 0 N–H and O–H groups in total. The normalized spacial score (nSPS) is 1.33. The smallest absolute Gasteiger partial charge is 0 e. The van der Waals surface area contributed by atoms with Crippen LogP contribution in [0.2, 0.25) is 0 Å². The van der Waals surface area contributed by atoms with Crippen LogP contribution in [0.15, 0.2) is 52.6 Å². The fraction of sp³-hybridized carbons (Fsp3) is 0. The summed E-state index contributed by atoms with van der Waals surface area (Å²) in [6.07, 6.45) is 0. The molecule has 0 heterocycles. The van der Waals surface area contributed by atoms with E-state index in [4.69, 9.17) is 0 Å². The molecule has 0 aliphatic rings. The van der Waals surface area contributed by atoms with Crippen molar-refractivity contribution >= 4 is 24.8 Å². The average molecular weight is 391 g/mol. The van der Waals surface area contributed by atoms with Gasteiger partial charge in [0.2, 0.25) is 0 Å². The van der Waals surface area contributed by atoms with E-state index in [0.29, 0.717) is 0 Å². The zero-order chi connectivity index (χ0) is 8.00. The molecule has 0 amide bonds. The SMILES string of the molecule is C=C.C=C.C=C.C=C.Cl.Cl.[Rh].[Rh]. The number of rotatable bonds is 0. The van der Waals surface area contributed by atoms with Crippen molar-refractivity contribution in [3.05, 3.63) is 52.6 Å². The molecule has 0 spiro atoms. The van der Waals surface area contributed by atoms with Gasteiger partial charge in [-0.3, -0.25) is 0 Å². The Balaban J connectivity index is -0.00000000267. The zero-order valence-corrected chi connectivity index (χ0v) is 12.1. The first kappa shape index (κ1) is 77.5.